The number of aromatic nitrogens is 1. The molecule has 0 aliphatic carbocycles. The number of aryl methyl sites for hydroxylation is 2. The highest BCUT2D eigenvalue weighted by atomic mass is 19.1. The first-order valence-electron chi connectivity index (χ1n) is 8.85. The number of carbonyl (C=O) groups is 1. The van der Waals surface area contributed by atoms with Crippen LogP contribution in [-0.4, -0.2) is 17.4 Å². The molecule has 4 nitrogen and oxygen atoms in total. The highest BCUT2D eigenvalue weighted by Crippen LogP contribution is 2.17. The van der Waals surface area contributed by atoms with Gasteiger partial charge in [-0.1, -0.05) is 30.3 Å². The van der Waals surface area contributed by atoms with Gasteiger partial charge in [-0.25, -0.2) is 9.37 Å². The van der Waals surface area contributed by atoms with Crippen LogP contribution in [0.1, 0.15) is 27.2 Å². The molecule has 5 heteroatoms. The molecule has 138 valence electrons. The van der Waals surface area contributed by atoms with Crippen molar-refractivity contribution < 1.29 is 9.18 Å². The number of benzene rings is 2. The molecule has 0 fully saturated rings. The Hall–Kier alpha value is -3.21. The molecule has 0 unspecified atom stereocenters. The van der Waals surface area contributed by atoms with Crippen molar-refractivity contribution in [2.45, 2.75) is 20.3 Å². The normalized spacial score (nSPS) is 10.5. The number of halogens is 1. The van der Waals surface area contributed by atoms with E-state index in [1.807, 2.05) is 38.1 Å². The molecule has 0 aliphatic heterocycles. The van der Waals surface area contributed by atoms with Crippen LogP contribution in [0.25, 0.3) is 0 Å². The van der Waals surface area contributed by atoms with E-state index in [1.165, 1.54) is 6.07 Å². The zero-order valence-corrected chi connectivity index (χ0v) is 15.4. The van der Waals surface area contributed by atoms with Crippen molar-refractivity contribution in [2.24, 2.45) is 0 Å². The Morgan fingerprint density at radius 3 is 2.63 bits per heavy atom. The minimum atomic E-state index is -0.249. The Balaban J connectivity index is 1.57. The van der Waals surface area contributed by atoms with Crippen molar-refractivity contribution in [1.29, 1.82) is 0 Å². The van der Waals surface area contributed by atoms with Gasteiger partial charge in [0.25, 0.3) is 5.91 Å². The van der Waals surface area contributed by atoms with Crippen LogP contribution in [0.15, 0.2) is 60.8 Å². The van der Waals surface area contributed by atoms with E-state index in [4.69, 9.17) is 0 Å². The average Bonchev–Trinajstić information content (AvgIpc) is 2.67. The number of nitrogens with zero attached hydrogens (tertiary/aromatic N) is 1. The Morgan fingerprint density at radius 1 is 1.07 bits per heavy atom. The van der Waals surface area contributed by atoms with Crippen molar-refractivity contribution in [2.75, 3.05) is 17.2 Å². The molecule has 0 spiro atoms. The van der Waals surface area contributed by atoms with Gasteiger partial charge in [0.1, 0.15) is 11.5 Å². The summed E-state index contributed by atoms with van der Waals surface area (Å²) in [5.41, 5.74) is 4.67. The molecule has 3 rings (SSSR count). The Bertz CT molecular complexity index is 939. The highest BCUT2D eigenvalue weighted by Gasteiger charge is 2.09. The third-order valence-electron chi connectivity index (χ3n) is 4.32. The van der Waals surface area contributed by atoms with Crippen molar-refractivity contribution in [3.05, 3.63) is 89.0 Å². The van der Waals surface area contributed by atoms with Crippen molar-refractivity contribution >= 4 is 17.3 Å². The SMILES string of the molecule is Cc1ccc(C)c(NC(=O)c2ccc(NCCc3ccccc3F)cn2)c1. The van der Waals surface area contributed by atoms with E-state index in [0.29, 0.717) is 24.2 Å². The summed E-state index contributed by atoms with van der Waals surface area (Å²) in [6.45, 7) is 4.51. The summed E-state index contributed by atoms with van der Waals surface area (Å²) in [7, 11) is 0. The van der Waals surface area contributed by atoms with E-state index in [9.17, 15) is 9.18 Å². The maximum Gasteiger partial charge on any atom is 0.274 e. The quantitative estimate of drug-likeness (QED) is 0.665. The van der Waals surface area contributed by atoms with Crippen LogP contribution in [0.4, 0.5) is 15.8 Å². The van der Waals surface area contributed by atoms with Crippen LogP contribution in [-0.2, 0) is 6.42 Å². The van der Waals surface area contributed by atoms with E-state index in [-0.39, 0.29) is 11.7 Å². The van der Waals surface area contributed by atoms with Gasteiger partial charge in [0.2, 0.25) is 0 Å². The van der Waals surface area contributed by atoms with Crippen molar-refractivity contribution in [1.82, 2.24) is 4.98 Å². The summed E-state index contributed by atoms with van der Waals surface area (Å²) in [6, 6.07) is 16.1. The third kappa shape index (κ3) is 4.91. The minimum Gasteiger partial charge on any atom is -0.383 e. The summed E-state index contributed by atoms with van der Waals surface area (Å²) in [6.07, 6.45) is 2.18. The summed E-state index contributed by atoms with van der Waals surface area (Å²) in [4.78, 5) is 16.6. The number of hydrogen-bond acceptors (Lipinski definition) is 3. The van der Waals surface area contributed by atoms with Crippen LogP contribution in [0.2, 0.25) is 0 Å². The van der Waals surface area contributed by atoms with Gasteiger partial charge >= 0.3 is 0 Å². The zero-order chi connectivity index (χ0) is 19.2. The first kappa shape index (κ1) is 18.6. The predicted octanol–water partition coefficient (Wildman–Crippen LogP) is 4.74. The molecule has 0 radical (unpaired) electrons. The lowest BCUT2D eigenvalue weighted by atomic mass is 10.1. The Labute approximate surface area is 158 Å². The molecular formula is C22H22FN3O. The van der Waals surface area contributed by atoms with E-state index in [1.54, 1.807) is 30.5 Å². The lowest BCUT2D eigenvalue weighted by Gasteiger charge is -2.10. The number of nitrogens with one attached hydrogen (secondary N) is 2. The number of anilines is 2. The van der Waals surface area contributed by atoms with Gasteiger partial charge in [-0.2, -0.15) is 0 Å². The van der Waals surface area contributed by atoms with Gasteiger partial charge in [-0.05, 0) is 61.2 Å². The summed E-state index contributed by atoms with van der Waals surface area (Å²) < 4.78 is 13.6. The zero-order valence-electron chi connectivity index (χ0n) is 15.4. The van der Waals surface area contributed by atoms with E-state index in [2.05, 4.69) is 15.6 Å². The van der Waals surface area contributed by atoms with Crippen LogP contribution < -0.4 is 10.6 Å². The molecule has 2 aromatic carbocycles. The lowest BCUT2D eigenvalue weighted by molar-refractivity contribution is 0.102. The molecule has 0 atom stereocenters. The lowest BCUT2D eigenvalue weighted by Crippen LogP contribution is -2.15. The number of amides is 1. The van der Waals surface area contributed by atoms with Gasteiger partial charge in [-0.3, -0.25) is 4.79 Å². The van der Waals surface area contributed by atoms with Gasteiger partial charge < -0.3 is 10.6 Å². The molecule has 3 aromatic rings. The molecular weight excluding hydrogens is 341 g/mol. The van der Waals surface area contributed by atoms with Crippen molar-refractivity contribution in [3.63, 3.8) is 0 Å². The fraction of sp³-hybridized carbons (Fsp3) is 0.182. The van der Waals surface area contributed by atoms with Crippen molar-refractivity contribution in [3.8, 4) is 0 Å². The topological polar surface area (TPSA) is 54.0 Å². The molecule has 0 saturated heterocycles. The molecule has 1 heterocycles. The number of carbonyl (C=O) groups excluding carboxylic acids is 1. The largest absolute Gasteiger partial charge is 0.383 e. The standard InChI is InChI=1S/C22H22FN3O/c1-15-7-8-16(2)21(13-15)26-22(27)20-10-9-18(14-25-20)24-12-11-17-5-3-4-6-19(17)23/h3-10,13-14,24H,11-12H2,1-2H3,(H,26,27). The second kappa shape index (κ2) is 8.45. The average molecular weight is 363 g/mol. The molecule has 0 aliphatic rings. The van der Waals surface area contributed by atoms with Gasteiger partial charge in [0.05, 0.1) is 11.9 Å². The van der Waals surface area contributed by atoms with Gasteiger partial charge in [0, 0.05) is 12.2 Å². The van der Waals surface area contributed by atoms with E-state index >= 15 is 0 Å². The van der Waals surface area contributed by atoms with E-state index < -0.39 is 0 Å². The molecule has 1 aromatic heterocycles. The second-order valence-electron chi connectivity index (χ2n) is 6.47. The monoisotopic (exact) mass is 363 g/mol. The summed E-state index contributed by atoms with van der Waals surface area (Å²) in [5.74, 6) is -0.447. The third-order valence-corrected chi connectivity index (χ3v) is 4.32. The summed E-state index contributed by atoms with van der Waals surface area (Å²) >= 11 is 0. The fourth-order valence-electron chi connectivity index (χ4n) is 2.73. The maximum absolute atomic E-state index is 13.6. The molecule has 2 N–H and O–H groups in total. The highest BCUT2D eigenvalue weighted by molar-refractivity contribution is 6.03. The summed E-state index contributed by atoms with van der Waals surface area (Å²) in [5, 5.41) is 6.09. The van der Waals surface area contributed by atoms with Crippen LogP contribution >= 0.6 is 0 Å². The Morgan fingerprint density at radius 2 is 1.89 bits per heavy atom. The molecule has 27 heavy (non-hydrogen) atoms. The first-order chi connectivity index (χ1) is 13.0. The number of hydrogen-bond donors (Lipinski definition) is 2. The number of rotatable bonds is 6. The van der Waals surface area contributed by atoms with Crippen LogP contribution in [0, 0.1) is 19.7 Å². The second-order valence-corrected chi connectivity index (χ2v) is 6.47. The molecule has 0 saturated carbocycles. The van der Waals surface area contributed by atoms with Crippen LogP contribution in [0.5, 0.6) is 0 Å². The maximum atomic E-state index is 13.6. The fourth-order valence-corrected chi connectivity index (χ4v) is 2.73. The molecule has 1 amide bonds. The van der Waals surface area contributed by atoms with E-state index in [0.717, 1.165) is 22.5 Å². The Kier molecular flexibility index (Phi) is 5.81. The minimum absolute atomic E-state index is 0.198. The smallest absolute Gasteiger partial charge is 0.274 e. The van der Waals surface area contributed by atoms with Crippen LogP contribution in [0.3, 0.4) is 0 Å². The first-order valence-corrected chi connectivity index (χ1v) is 8.85. The molecule has 0 bridgehead atoms. The predicted molar refractivity (Wildman–Crippen MR) is 107 cm³/mol. The number of pyridine rings is 1. The van der Waals surface area contributed by atoms with Gasteiger partial charge in [0.15, 0.2) is 0 Å². The van der Waals surface area contributed by atoms with Gasteiger partial charge in [-0.15, -0.1) is 0 Å².